The number of hydrogen-bond donors (Lipinski definition) is 0. The summed E-state index contributed by atoms with van der Waals surface area (Å²) in [6, 6.07) is 7.47. The second kappa shape index (κ2) is 5.84. The van der Waals surface area contributed by atoms with Crippen LogP contribution in [0.25, 0.3) is 5.57 Å². The molecule has 122 valence electrons. The zero-order chi connectivity index (χ0) is 17.6. The van der Waals surface area contributed by atoms with Crippen LogP contribution in [0.1, 0.15) is 29.8 Å². The van der Waals surface area contributed by atoms with Crippen LogP contribution in [0, 0.1) is 0 Å². The van der Waals surface area contributed by atoms with E-state index in [0.29, 0.717) is 9.14 Å². The molecule has 1 aromatic carbocycles. The Morgan fingerprint density at radius 2 is 1.88 bits per heavy atom. The Kier molecular flexibility index (Phi) is 4.11. The Labute approximate surface area is 155 Å². The summed E-state index contributed by atoms with van der Waals surface area (Å²) < 4.78 is 0.704. The monoisotopic (exact) mass is 431 g/mol. The maximum atomic E-state index is 12.7. The van der Waals surface area contributed by atoms with Crippen LogP contribution in [0.4, 0.5) is 0 Å². The van der Waals surface area contributed by atoms with Crippen LogP contribution in [-0.4, -0.2) is 29.2 Å². The number of rotatable bonds is 2. The minimum Gasteiger partial charge on any atom is -0.324 e. The van der Waals surface area contributed by atoms with Gasteiger partial charge in [0.25, 0.3) is 5.91 Å². The molecule has 1 amide bonds. The van der Waals surface area contributed by atoms with Crippen LogP contribution in [0.5, 0.6) is 0 Å². The van der Waals surface area contributed by atoms with Gasteiger partial charge in [-0.3, -0.25) is 9.59 Å². The van der Waals surface area contributed by atoms with Gasteiger partial charge in [0.05, 0.1) is 3.58 Å². The van der Waals surface area contributed by atoms with E-state index in [2.05, 4.69) is 29.2 Å². The van der Waals surface area contributed by atoms with Gasteiger partial charge in [-0.1, -0.05) is 43.0 Å². The molecule has 0 bridgehead atoms. The normalized spacial score (nSPS) is 23.3. The van der Waals surface area contributed by atoms with Crippen molar-refractivity contribution in [1.29, 1.82) is 0 Å². The first-order valence-electron chi connectivity index (χ1n) is 7.65. The van der Waals surface area contributed by atoms with Crippen molar-refractivity contribution in [3.8, 4) is 0 Å². The average Bonchev–Trinajstić information content (AvgIpc) is 2.74. The van der Waals surface area contributed by atoms with E-state index in [1.54, 1.807) is 11.8 Å². The molecule has 1 atom stereocenters. The van der Waals surface area contributed by atoms with Crippen LogP contribution < -0.4 is 0 Å². The summed E-state index contributed by atoms with van der Waals surface area (Å²) in [5.74, 6) is 0.0376. The highest BCUT2D eigenvalue weighted by Gasteiger charge is 2.49. The minimum absolute atomic E-state index is 0.00570. The fourth-order valence-electron chi connectivity index (χ4n) is 3.42. The van der Waals surface area contributed by atoms with E-state index in [-0.39, 0.29) is 11.7 Å². The van der Waals surface area contributed by atoms with Gasteiger partial charge in [-0.15, -0.1) is 0 Å². The highest BCUT2D eigenvalue weighted by molar-refractivity contribution is 14.1. The van der Waals surface area contributed by atoms with E-state index in [9.17, 15) is 9.59 Å². The van der Waals surface area contributed by atoms with Crippen molar-refractivity contribution in [3.63, 3.8) is 0 Å². The van der Waals surface area contributed by atoms with Gasteiger partial charge >= 0.3 is 0 Å². The Morgan fingerprint density at radius 1 is 1.25 bits per heavy atom. The Bertz CT molecular complexity index is 858. The molecular formula is C20H18INO2. The number of allylic oxidation sites excluding steroid dienone is 3. The number of likely N-dealkylation sites (N-methyl/N-ethyl adjacent to an activating group) is 1. The Morgan fingerprint density at radius 3 is 2.42 bits per heavy atom. The number of amides is 1. The zero-order valence-corrected chi connectivity index (χ0v) is 16.0. The number of hydrogen-bond acceptors (Lipinski definition) is 2. The third-order valence-electron chi connectivity index (χ3n) is 4.74. The highest BCUT2D eigenvalue weighted by Crippen LogP contribution is 2.50. The summed E-state index contributed by atoms with van der Waals surface area (Å²) in [6.45, 7) is 7.56. The first-order chi connectivity index (χ1) is 11.3. The standard InChI is InChI=1S/C20H18INO2/c1-12-9-10-20(13(2)11-12)17(18(21)19(24)22(20)4)16-7-5-15(6-8-16)14(3)23/h5-11H,1H2,2-4H3. The minimum atomic E-state index is -0.591. The van der Waals surface area contributed by atoms with Crippen LogP contribution in [0.2, 0.25) is 0 Å². The van der Waals surface area contributed by atoms with Crippen molar-refractivity contribution < 1.29 is 9.59 Å². The molecule has 0 radical (unpaired) electrons. The predicted octanol–water partition coefficient (Wildman–Crippen LogP) is 4.32. The van der Waals surface area contributed by atoms with Crippen LogP contribution in [0.15, 0.2) is 63.8 Å². The second-order valence-electron chi connectivity index (χ2n) is 6.19. The van der Waals surface area contributed by atoms with Gasteiger partial charge in [0.2, 0.25) is 0 Å². The molecule has 0 saturated heterocycles. The number of ketones is 1. The molecule has 1 aliphatic carbocycles. The number of carbonyl (C=O) groups excluding carboxylic acids is 2. The van der Waals surface area contributed by atoms with Crippen molar-refractivity contribution in [2.45, 2.75) is 19.4 Å². The van der Waals surface area contributed by atoms with Gasteiger partial charge in [-0.2, -0.15) is 0 Å². The summed E-state index contributed by atoms with van der Waals surface area (Å²) in [7, 11) is 1.83. The SMILES string of the molecule is C=C1C=CC2(C(C)=C1)C(c1ccc(C(C)=O)cc1)=C(I)C(=O)N2C. The lowest BCUT2D eigenvalue weighted by Crippen LogP contribution is -2.45. The third kappa shape index (κ3) is 2.32. The highest BCUT2D eigenvalue weighted by atomic mass is 127. The van der Waals surface area contributed by atoms with Gasteiger partial charge in [-0.25, -0.2) is 0 Å². The Hall–Kier alpha value is -1.95. The molecule has 1 heterocycles. The molecule has 0 aromatic heterocycles. The molecule has 24 heavy (non-hydrogen) atoms. The summed E-state index contributed by atoms with van der Waals surface area (Å²) in [5.41, 5.74) is 3.97. The van der Waals surface area contributed by atoms with Gasteiger partial charge in [0.15, 0.2) is 5.78 Å². The second-order valence-corrected chi connectivity index (χ2v) is 7.27. The maximum Gasteiger partial charge on any atom is 0.261 e. The largest absolute Gasteiger partial charge is 0.324 e. The fourth-order valence-corrected chi connectivity index (χ4v) is 4.50. The lowest BCUT2D eigenvalue weighted by molar-refractivity contribution is -0.125. The first-order valence-corrected chi connectivity index (χ1v) is 8.73. The van der Waals surface area contributed by atoms with E-state index in [1.807, 2.05) is 56.5 Å². The fraction of sp³-hybridized carbons (Fsp3) is 0.200. The molecule has 0 N–H and O–H groups in total. The van der Waals surface area contributed by atoms with Crippen molar-refractivity contribution in [1.82, 2.24) is 4.90 Å². The predicted molar refractivity (Wildman–Crippen MR) is 105 cm³/mol. The summed E-state index contributed by atoms with van der Waals surface area (Å²) in [4.78, 5) is 26.0. The maximum absolute atomic E-state index is 12.7. The summed E-state index contributed by atoms with van der Waals surface area (Å²) >= 11 is 2.13. The molecule has 1 spiro atoms. The van der Waals surface area contributed by atoms with E-state index >= 15 is 0 Å². The first kappa shape index (κ1) is 16.9. The molecule has 1 unspecified atom stereocenters. The van der Waals surface area contributed by atoms with E-state index in [0.717, 1.165) is 22.3 Å². The van der Waals surface area contributed by atoms with Gasteiger partial charge < -0.3 is 4.90 Å². The van der Waals surface area contributed by atoms with Crippen molar-refractivity contribution in [3.05, 3.63) is 74.9 Å². The van der Waals surface area contributed by atoms with Crippen LogP contribution in [0.3, 0.4) is 0 Å². The average molecular weight is 431 g/mol. The smallest absolute Gasteiger partial charge is 0.261 e. The lowest BCUT2D eigenvalue weighted by atomic mass is 9.76. The quantitative estimate of drug-likeness (QED) is 0.517. The van der Waals surface area contributed by atoms with Crippen LogP contribution in [-0.2, 0) is 4.79 Å². The number of benzene rings is 1. The van der Waals surface area contributed by atoms with Gasteiger partial charge in [0.1, 0.15) is 5.54 Å². The number of carbonyl (C=O) groups is 2. The molecule has 0 fully saturated rings. The zero-order valence-electron chi connectivity index (χ0n) is 13.9. The van der Waals surface area contributed by atoms with Crippen molar-refractivity contribution >= 4 is 39.9 Å². The molecule has 1 aromatic rings. The molecule has 2 aliphatic rings. The number of halogens is 1. The molecule has 3 nitrogen and oxygen atoms in total. The molecular weight excluding hydrogens is 413 g/mol. The number of nitrogens with zero attached hydrogens (tertiary/aromatic N) is 1. The molecule has 0 saturated carbocycles. The van der Waals surface area contributed by atoms with Crippen LogP contribution >= 0.6 is 22.6 Å². The van der Waals surface area contributed by atoms with Crippen molar-refractivity contribution in [2.24, 2.45) is 0 Å². The van der Waals surface area contributed by atoms with E-state index < -0.39 is 5.54 Å². The van der Waals surface area contributed by atoms with E-state index in [1.165, 1.54) is 0 Å². The topological polar surface area (TPSA) is 37.4 Å². The molecule has 1 aliphatic heterocycles. The summed E-state index contributed by atoms with van der Waals surface area (Å²) in [5, 5.41) is 0. The Balaban J connectivity index is 2.21. The summed E-state index contributed by atoms with van der Waals surface area (Å²) in [6.07, 6.45) is 6.02. The molecule has 3 rings (SSSR count). The van der Waals surface area contributed by atoms with Gasteiger partial charge in [0, 0.05) is 18.2 Å². The lowest BCUT2D eigenvalue weighted by Gasteiger charge is -2.39. The third-order valence-corrected chi connectivity index (χ3v) is 5.74. The molecule has 4 heteroatoms. The number of Topliss-reactive ketones (excluding diaryl/α,β-unsaturated/α-hetero) is 1. The van der Waals surface area contributed by atoms with Crippen molar-refractivity contribution in [2.75, 3.05) is 7.05 Å². The van der Waals surface area contributed by atoms with Gasteiger partial charge in [-0.05, 0) is 59.2 Å². The van der Waals surface area contributed by atoms with E-state index in [4.69, 9.17) is 0 Å².